The third-order valence-electron chi connectivity index (χ3n) is 2.07. The summed E-state index contributed by atoms with van der Waals surface area (Å²) in [7, 11) is 0. The molecule has 3 heteroatoms. The van der Waals surface area contributed by atoms with Gasteiger partial charge in [-0.15, -0.1) is 0 Å². The van der Waals surface area contributed by atoms with Crippen molar-refractivity contribution in [2.75, 3.05) is 0 Å². The average Bonchev–Trinajstić information content (AvgIpc) is 2.09. The molecule has 0 aliphatic carbocycles. The van der Waals surface area contributed by atoms with E-state index < -0.39 is 0 Å². The van der Waals surface area contributed by atoms with E-state index in [1.807, 2.05) is 0 Å². The maximum Gasteiger partial charge on any atom is 0.217 e. The van der Waals surface area contributed by atoms with Gasteiger partial charge in [0.2, 0.25) is 5.91 Å². The molecular weight excluding hydrogens is 230 g/mol. The molecule has 0 saturated carbocycles. The first-order valence-electron chi connectivity index (χ1n) is 5.09. The van der Waals surface area contributed by atoms with Gasteiger partial charge in [0.25, 0.3) is 0 Å². The van der Waals surface area contributed by atoms with Crippen LogP contribution in [0.3, 0.4) is 0 Å². The highest BCUT2D eigenvalue weighted by atomic mass is 79.9. The standard InChI is InChI=1S/C10H20BrNO/c1-2-3-4-5-6-9(11)7-8-10(12)13/h9H,2-8H2,1H3,(H2,12,13)/t9-/m1/s1. The Labute approximate surface area is 89.4 Å². The number of halogens is 1. The van der Waals surface area contributed by atoms with Crippen molar-refractivity contribution in [1.82, 2.24) is 0 Å². The Morgan fingerprint density at radius 3 is 2.54 bits per heavy atom. The van der Waals surface area contributed by atoms with Crippen molar-refractivity contribution in [1.29, 1.82) is 0 Å². The molecule has 0 bridgehead atoms. The normalized spacial score (nSPS) is 12.8. The number of rotatable bonds is 8. The SMILES string of the molecule is CCCCCC[C@@H](Br)CCC(N)=O. The van der Waals surface area contributed by atoms with Crippen molar-refractivity contribution in [3.63, 3.8) is 0 Å². The molecule has 0 aromatic heterocycles. The second kappa shape index (κ2) is 8.54. The van der Waals surface area contributed by atoms with Gasteiger partial charge in [0.15, 0.2) is 0 Å². The quantitative estimate of drug-likeness (QED) is 0.522. The van der Waals surface area contributed by atoms with Crippen LogP contribution in [0, 0.1) is 0 Å². The second-order valence-electron chi connectivity index (χ2n) is 3.45. The molecule has 2 N–H and O–H groups in total. The second-order valence-corrected chi connectivity index (χ2v) is 4.75. The van der Waals surface area contributed by atoms with E-state index in [-0.39, 0.29) is 5.91 Å². The highest BCUT2D eigenvalue weighted by molar-refractivity contribution is 9.09. The van der Waals surface area contributed by atoms with Gasteiger partial charge >= 0.3 is 0 Å². The molecule has 0 radical (unpaired) electrons. The van der Waals surface area contributed by atoms with Crippen LogP contribution in [-0.2, 0) is 4.79 Å². The first-order chi connectivity index (χ1) is 6.16. The fourth-order valence-corrected chi connectivity index (χ4v) is 1.79. The summed E-state index contributed by atoms with van der Waals surface area (Å²) in [5, 5.41) is 0. The minimum atomic E-state index is -0.196. The zero-order valence-corrected chi connectivity index (χ0v) is 9.98. The summed E-state index contributed by atoms with van der Waals surface area (Å²) in [6.07, 6.45) is 7.68. The van der Waals surface area contributed by atoms with Gasteiger partial charge in [-0.3, -0.25) is 4.79 Å². The van der Waals surface area contributed by atoms with E-state index in [1.54, 1.807) is 0 Å². The predicted octanol–water partition coefficient (Wildman–Crippen LogP) is 2.99. The lowest BCUT2D eigenvalue weighted by atomic mass is 10.1. The van der Waals surface area contributed by atoms with E-state index in [9.17, 15) is 4.79 Å². The first-order valence-corrected chi connectivity index (χ1v) is 6.00. The summed E-state index contributed by atoms with van der Waals surface area (Å²) in [4.78, 5) is 11.0. The maximum absolute atomic E-state index is 10.5. The fraction of sp³-hybridized carbons (Fsp3) is 0.900. The molecule has 0 aromatic carbocycles. The van der Waals surface area contributed by atoms with Gasteiger partial charge in [-0.2, -0.15) is 0 Å². The first kappa shape index (κ1) is 12.9. The number of unbranched alkanes of at least 4 members (excludes halogenated alkanes) is 3. The molecule has 1 amide bonds. The largest absolute Gasteiger partial charge is 0.370 e. The van der Waals surface area contributed by atoms with Gasteiger partial charge in [0, 0.05) is 11.2 Å². The van der Waals surface area contributed by atoms with Crippen LogP contribution in [0.5, 0.6) is 0 Å². The number of carbonyl (C=O) groups excluding carboxylic acids is 1. The Bertz CT molecular complexity index is 139. The summed E-state index contributed by atoms with van der Waals surface area (Å²) in [5.41, 5.74) is 5.06. The lowest BCUT2D eigenvalue weighted by Crippen LogP contribution is -2.12. The summed E-state index contributed by atoms with van der Waals surface area (Å²) in [6, 6.07) is 0. The number of hydrogen-bond donors (Lipinski definition) is 1. The van der Waals surface area contributed by atoms with Crippen LogP contribution < -0.4 is 5.73 Å². The third kappa shape index (κ3) is 9.87. The minimum Gasteiger partial charge on any atom is -0.370 e. The van der Waals surface area contributed by atoms with Crippen LogP contribution >= 0.6 is 15.9 Å². The van der Waals surface area contributed by atoms with Crippen LogP contribution in [0.15, 0.2) is 0 Å². The monoisotopic (exact) mass is 249 g/mol. The van der Waals surface area contributed by atoms with E-state index in [0.717, 1.165) is 12.8 Å². The molecule has 0 aromatic rings. The average molecular weight is 250 g/mol. The Kier molecular flexibility index (Phi) is 8.51. The van der Waals surface area contributed by atoms with E-state index in [0.29, 0.717) is 11.2 Å². The van der Waals surface area contributed by atoms with Crippen LogP contribution in [0.25, 0.3) is 0 Å². The molecule has 0 saturated heterocycles. The number of primary amides is 1. The topological polar surface area (TPSA) is 43.1 Å². The van der Waals surface area contributed by atoms with Gasteiger partial charge in [-0.05, 0) is 12.8 Å². The molecule has 0 heterocycles. The zero-order valence-electron chi connectivity index (χ0n) is 8.39. The number of hydrogen-bond acceptors (Lipinski definition) is 1. The van der Waals surface area contributed by atoms with Crippen LogP contribution in [0.4, 0.5) is 0 Å². The van der Waals surface area contributed by atoms with Gasteiger partial charge in [0.1, 0.15) is 0 Å². The van der Waals surface area contributed by atoms with Crippen molar-refractivity contribution in [2.24, 2.45) is 5.73 Å². The van der Waals surface area contributed by atoms with Gasteiger partial charge in [0.05, 0.1) is 0 Å². The smallest absolute Gasteiger partial charge is 0.217 e. The summed E-state index contributed by atoms with van der Waals surface area (Å²) >= 11 is 3.55. The zero-order chi connectivity index (χ0) is 10.1. The van der Waals surface area contributed by atoms with Gasteiger partial charge in [-0.1, -0.05) is 48.5 Å². The Morgan fingerprint density at radius 1 is 1.31 bits per heavy atom. The third-order valence-corrected chi connectivity index (χ3v) is 2.99. The number of alkyl halides is 1. The summed E-state index contributed by atoms with van der Waals surface area (Å²) < 4.78 is 0. The van der Waals surface area contributed by atoms with Crippen molar-refractivity contribution >= 4 is 21.8 Å². The fourth-order valence-electron chi connectivity index (χ4n) is 1.24. The summed E-state index contributed by atoms with van der Waals surface area (Å²) in [5.74, 6) is -0.196. The molecule has 0 aliphatic heterocycles. The summed E-state index contributed by atoms with van der Waals surface area (Å²) in [6.45, 7) is 2.21. The lowest BCUT2D eigenvalue weighted by Gasteiger charge is -2.07. The van der Waals surface area contributed by atoms with Gasteiger partial charge in [-0.25, -0.2) is 0 Å². The van der Waals surface area contributed by atoms with Crippen molar-refractivity contribution < 1.29 is 4.79 Å². The predicted molar refractivity (Wildman–Crippen MR) is 59.9 cm³/mol. The van der Waals surface area contributed by atoms with E-state index in [1.165, 1.54) is 25.7 Å². The Balaban J connectivity index is 3.19. The maximum atomic E-state index is 10.5. The van der Waals surface area contributed by atoms with E-state index in [4.69, 9.17) is 5.73 Å². The van der Waals surface area contributed by atoms with E-state index >= 15 is 0 Å². The Morgan fingerprint density at radius 2 is 2.00 bits per heavy atom. The van der Waals surface area contributed by atoms with Crippen molar-refractivity contribution in [3.05, 3.63) is 0 Å². The number of nitrogens with two attached hydrogens (primary N) is 1. The molecule has 0 fully saturated rings. The van der Waals surface area contributed by atoms with Crippen molar-refractivity contribution in [3.8, 4) is 0 Å². The number of amides is 1. The molecule has 2 nitrogen and oxygen atoms in total. The lowest BCUT2D eigenvalue weighted by molar-refractivity contribution is -0.118. The van der Waals surface area contributed by atoms with Crippen LogP contribution in [-0.4, -0.2) is 10.7 Å². The van der Waals surface area contributed by atoms with E-state index in [2.05, 4.69) is 22.9 Å². The molecule has 0 spiro atoms. The molecule has 1 atom stereocenters. The molecule has 0 aliphatic rings. The molecule has 78 valence electrons. The Hall–Kier alpha value is -0.0500. The van der Waals surface area contributed by atoms with Crippen LogP contribution in [0.1, 0.15) is 51.9 Å². The highest BCUT2D eigenvalue weighted by Gasteiger charge is 2.05. The highest BCUT2D eigenvalue weighted by Crippen LogP contribution is 2.16. The van der Waals surface area contributed by atoms with Crippen LogP contribution in [0.2, 0.25) is 0 Å². The number of carbonyl (C=O) groups is 1. The molecular formula is C10H20BrNO. The molecule has 13 heavy (non-hydrogen) atoms. The van der Waals surface area contributed by atoms with Gasteiger partial charge < -0.3 is 5.73 Å². The van der Waals surface area contributed by atoms with Crippen molar-refractivity contribution in [2.45, 2.75) is 56.7 Å². The molecule has 0 rings (SSSR count). The minimum absolute atomic E-state index is 0.196. The molecule has 0 unspecified atom stereocenters.